The number of aryl methyl sites for hydroxylation is 1. The van der Waals surface area contributed by atoms with Crippen LogP contribution in [0.4, 0.5) is 5.69 Å². The predicted octanol–water partition coefficient (Wildman–Crippen LogP) is 3.05. The van der Waals surface area contributed by atoms with Crippen molar-refractivity contribution in [2.45, 2.75) is 6.92 Å². The van der Waals surface area contributed by atoms with Crippen molar-refractivity contribution in [2.24, 2.45) is 0 Å². The van der Waals surface area contributed by atoms with Crippen molar-refractivity contribution in [3.05, 3.63) is 58.6 Å². The molecule has 28 heavy (non-hydrogen) atoms. The third-order valence-corrected chi connectivity index (χ3v) is 4.99. The van der Waals surface area contributed by atoms with E-state index in [0.29, 0.717) is 49.1 Å². The molecule has 148 valence electrons. The number of amides is 2. The second kappa shape index (κ2) is 9.08. The van der Waals surface area contributed by atoms with Gasteiger partial charge in [0.1, 0.15) is 5.75 Å². The zero-order valence-corrected chi connectivity index (χ0v) is 16.8. The molecule has 2 aromatic carbocycles. The van der Waals surface area contributed by atoms with E-state index in [1.165, 1.54) is 7.11 Å². The standard InChI is InChI=1S/C21H24ClN3O3/c1-15-3-6-17(7-4-15)23-20(26)14-24-9-11-25(12-10-24)21(27)18-13-16(22)5-8-19(18)28-2/h3-8,13H,9-12,14H2,1-2H3,(H,23,26). The summed E-state index contributed by atoms with van der Waals surface area (Å²) in [5.74, 6) is 0.345. The number of carbonyl (C=O) groups excluding carboxylic acids is 2. The molecule has 1 N–H and O–H groups in total. The molecule has 1 heterocycles. The van der Waals surface area contributed by atoms with E-state index in [1.807, 2.05) is 36.1 Å². The summed E-state index contributed by atoms with van der Waals surface area (Å²) in [6.07, 6.45) is 0. The lowest BCUT2D eigenvalue weighted by molar-refractivity contribution is -0.117. The first kappa shape index (κ1) is 20.2. The van der Waals surface area contributed by atoms with E-state index in [9.17, 15) is 9.59 Å². The van der Waals surface area contributed by atoms with Crippen LogP contribution in [0.15, 0.2) is 42.5 Å². The highest BCUT2D eigenvalue weighted by Crippen LogP contribution is 2.24. The van der Waals surface area contributed by atoms with Gasteiger partial charge in [0.2, 0.25) is 5.91 Å². The fraction of sp³-hybridized carbons (Fsp3) is 0.333. The molecule has 2 aromatic rings. The third-order valence-electron chi connectivity index (χ3n) is 4.75. The Labute approximate surface area is 170 Å². The van der Waals surface area contributed by atoms with Crippen LogP contribution in [0.1, 0.15) is 15.9 Å². The van der Waals surface area contributed by atoms with Gasteiger partial charge in [0.05, 0.1) is 19.2 Å². The lowest BCUT2D eigenvalue weighted by atomic mass is 10.1. The van der Waals surface area contributed by atoms with E-state index in [0.717, 1.165) is 11.3 Å². The average Bonchev–Trinajstić information content (AvgIpc) is 2.69. The van der Waals surface area contributed by atoms with Gasteiger partial charge < -0.3 is 15.0 Å². The summed E-state index contributed by atoms with van der Waals surface area (Å²) < 4.78 is 5.28. The van der Waals surface area contributed by atoms with Crippen molar-refractivity contribution >= 4 is 29.1 Å². The number of carbonyl (C=O) groups is 2. The highest BCUT2D eigenvalue weighted by atomic mass is 35.5. The molecule has 1 aliphatic rings. The number of halogens is 1. The number of ether oxygens (including phenoxy) is 1. The van der Waals surface area contributed by atoms with Gasteiger partial charge in [0.25, 0.3) is 5.91 Å². The van der Waals surface area contributed by atoms with Gasteiger partial charge in [0, 0.05) is 36.9 Å². The Morgan fingerprint density at radius 1 is 1.07 bits per heavy atom. The van der Waals surface area contributed by atoms with Crippen LogP contribution in [-0.4, -0.2) is 61.4 Å². The number of nitrogens with one attached hydrogen (secondary N) is 1. The van der Waals surface area contributed by atoms with Gasteiger partial charge in [-0.3, -0.25) is 14.5 Å². The second-order valence-electron chi connectivity index (χ2n) is 6.83. The first-order valence-corrected chi connectivity index (χ1v) is 9.56. The van der Waals surface area contributed by atoms with Gasteiger partial charge in [-0.1, -0.05) is 29.3 Å². The fourth-order valence-electron chi connectivity index (χ4n) is 3.17. The predicted molar refractivity (Wildman–Crippen MR) is 110 cm³/mol. The van der Waals surface area contributed by atoms with Crippen LogP contribution in [0.25, 0.3) is 0 Å². The Kier molecular flexibility index (Phi) is 6.54. The summed E-state index contributed by atoms with van der Waals surface area (Å²) in [6, 6.07) is 12.7. The van der Waals surface area contributed by atoms with Crippen LogP contribution in [0.3, 0.4) is 0 Å². The number of piperazine rings is 1. The number of methoxy groups -OCH3 is 1. The molecule has 0 radical (unpaired) electrons. The quantitative estimate of drug-likeness (QED) is 0.836. The molecule has 1 saturated heterocycles. The van der Waals surface area contributed by atoms with Crippen LogP contribution in [0.2, 0.25) is 5.02 Å². The molecule has 0 atom stereocenters. The van der Waals surface area contributed by atoms with Gasteiger partial charge in [0.15, 0.2) is 0 Å². The Morgan fingerprint density at radius 3 is 2.39 bits per heavy atom. The molecule has 0 aliphatic carbocycles. The molecule has 0 saturated carbocycles. The van der Waals surface area contributed by atoms with Crippen molar-refractivity contribution in [2.75, 3.05) is 45.2 Å². The maximum absolute atomic E-state index is 12.8. The second-order valence-corrected chi connectivity index (χ2v) is 7.26. The summed E-state index contributed by atoms with van der Waals surface area (Å²) in [6.45, 7) is 4.67. The minimum atomic E-state index is -0.108. The lowest BCUT2D eigenvalue weighted by Gasteiger charge is -2.34. The minimum Gasteiger partial charge on any atom is -0.496 e. The van der Waals surface area contributed by atoms with Gasteiger partial charge in [-0.15, -0.1) is 0 Å². The number of benzene rings is 2. The van der Waals surface area contributed by atoms with Gasteiger partial charge >= 0.3 is 0 Å². The van der Waals surface area contributed by atoms with Crippen LogP contribution in [0, 0.1) is 6.92 Å². The summed E-state index contributed by atoms with van der Waals surface area (Å²) in [7, 11) is 1.53. The summed E-state index contributed by atoms with van der Waals surface area (Å²) >= 11 is 6.03. The van der Waals surface area contributed by atoms with E-state index in [2.05, 4.69) is 5.32 Å². The molecule has 1 fully saturated rings. The number of hydrogen-bond donors (Lipinski definition) is 1. The number of rotatable bonds is 5. The topological polar surface area (TPSA) is 61.9 Å². The molecule has 6 nitrogen and oxygen atoms in total. The SMILES string of the molecule is COc1ccc(Cl)cc1C(=O)N1CCN(CC(=O)Nc2ccc(C)cc2)CC1. The fourth-order valence-corrected chi connectivity index (χ4v) is 3.34. The largest absolute Gasteiger partial charge is 0.496 e. The first-order chi connectivity index (χ1) is 13.5. The average molecular weight is 402 g/mol. The lowest BCUT2D eigenvalue weighted by Crippen LogP contribution is -2.50. The normalized spacial score (nSPS) is 14.6. The molecule has 7 heteroatoms. The zero-order chi connectivity index (χ0) is 20.1. The Hall–Kier alpha value is -2.57. The van der Waals surface area contributed by atoms with Crippen LogP contribution < -0.4 is 10.1 Å². The van der Waals surface area contributed by atoms with Crippen molar-refractivity contribution < 1.29 is 14.3 Å². The van der Waals surface area contributed by atoms with E-state index in [4.69, 9.17) is 16.3 Å². The van der Waals surface area contributed by atoms with E-state index in [-0.39, 0.29) is 11.8 Å². The molecule has 0 unspecified atom stereocenters. The Bertz CT molecular complexity index is 846. The molecule has 3 rings (SSSR count). The first-order valence-electron chi connectivity index (χ1n) is 9.18. The number of anilines is 1. The summed E-state index contributed by atoms with van der Waals surface area (Å²) in [5.41, 5.74) is 2.40. The van der Waals surface area contributed by atoms with Crippen LogP contribution in [0.5, 0.6) is 5.75 Å². The minimum absolute atomic E-state index is 0.0554. The molecule has 2 amide bonds. The van der Waals surface area contributed by atoms with Gasteiger partial charge in [-0.25, -0.2) is 0 Å². The highest BCUT2D eigenvalue weighted by molar-refractivity contribution is 6.31. The molecule has 0 spiro atoms. The van der Waals surface area contributed by atoms with Crippen molar-refractivity contribution in [3.8, 4) is 5.75 Å². The zero-order valence-electron chi connectivity index (χ0n) is 16.1. The molecule has 0 bridgehead atoms. The number of hydrogen-bond acceptors (Lipinski definition) is 4. The maximum atomic E-state index is 12.8. The maximum Gasteiger partial charge on any atom is 0.257 e. The van der Waals surface area contributed by atoms with Crippen molar-refractivity contribution in [1.82, 2.24) is 9.80 Å². The van der Waals surface area contributed by atoms with Gasteiger partial charge in [-0.05, 0) is 37.3 Å². The third kappa shape index (κ3) is 5.03. The molecular weight excluding hydrogens is 378 g/mol. The molecular formula is C21H24ClN3O3. The van der Waals surface area contributed by atoms with Crippen LogP contribution >= 0.6 is 11.6 Å². The Balaban J connectivity index is 1.53. The van der Waals surface area contributed by atoms with Crippen molar-refractivity contribution in [3.63, 3.8) is 0 Å². The summed E-state index contributed by atoms with van der Waals surface area (Å²) in [4.78, 5) is 28.9. The van der Waals surface area contributed by atoms with Crippen LogP contribution in [-0.2, 0) is 4.79 Å². The molecule has 0 aromatic heterocycles. The van der Waals surface area contributed by atoms with Crippen molar-refractivity contribution in [1.29, 1.82) is 0 Å². The van der Waals surface area contributed by atoms with E-state index < -0.39 is 0 Å². The smallest absolute Gasteiger partial charge is 0.257 e. The highest BCUT2D eigenvalue weighted by Gasteiger charge is 2.25. The van der Waals surface area contributed by atoms with E-state index >= 15 is 0 Å². The van der Waals surface area contributed by atoms with Gasteiger partial charge in [-0.2, -0.15) is 0 Å². The number of nitrogens with zero attached hydrogens (tertiary/aromatic N) is 2. The van der Waals surface area contributed by atoms with E-state index in [1.54, 1.807) is 23.1 Å². The Morgan fingerprint density at radius 2 is 1.75 bits per heavy atom. The summed E-state index contributed by atoms with van der Waals surface area (Å²) in [5, 5.41) is 3.40. The molecule has 1 aliphatic heterocycles. The monoisotopic (exact) mass is 401 g/mol.